The van der Waals surface area contributed by atoms with E-state index in [0.29, 0.717) is 11.5 Å². The number of hydrogen-bond acceptors (Lipinski definition) is 7. The van der Waals surface area contributed by atoms with Gasteiger partial charge in [-0.3, -0.25) is 4.79 Å². The Hall–Kier alpha value is -3.47. The van der Waals surface area contributed by atoms with Crippen LogP contribution in [0, 0.1) is 11.3 Å². The number of rotatable bonds is 5. The minimum atomic E-state index is -0.134. The van der Waals surface area contributed by atoms with Crippen molar-refractivity contribution in [1.29, 1.82) is 5.26 Å². The van der Waals surface area contributed by atoms with E-state index in [2.05, 4.69) is 31.2 Å². The van der Waals surface area contributed by atoms with Crippen LogP contribution in [0.15, 0.2) is 36.8 Å². The maximum Gasteiger partial charge on any atom is 0.244 e. The van der Waals surface area contributed by atoms with Crippen LogP contribution in [0.5, 0.6) is 0 Å². The zero-order valence-electron chi connectivity index (χ0n) is 16.0. The summed E-state index contributed by atoms with van der Waals surface area (Å²) in [6.45, 7) is 1.50. The van der Waals surface area contributed by atoms with E-state index in [4.69, 9.17) is 0 Å². The van der Waals surface area contributed by atoms with E-state index in [-0.39, 0.29) is 11.9 Å². The van der Waals surface area contributed by atoms with Crippen molar-refractivity contribution in [2.75, 3.05) is 37.0 Å². The number of carbonyl (C=O) groups is 1. The molecule has 0 aliphatic carbocycles. The van der Waals surface area contributed by atoms with Crippen molar-refractivity contribution in [3.8, 4) is 6.07 Å². The Labute approximate surface area is 164 Å². The van der Waals surface area contributed by atoms with Gasteiger partial charge in [-0.1, -0.05) is 0 Å². The first-order chi connectivity index (χ1) is 13.6. The Kier molecular flexibility index (Phi) is 6.17. The van der Waals surface area contributed by atoms with Crippen LogP contribution < -0.4 is 15.1 Å². The average Bonchev–Trinajstić information content (AvgIpc) is 2.73. The highest BCUT2D eigenvalue weighted by molar-refractivity contribution is 5.91. The lowest BCUT2D eigenvalue weighted by atomic mass is 10.0. The van der Waals surface area contributed by atoms with Gasteiger partial charge in [0.1, 0.15) is 11.9 Å². The topological polar surface area (TPSA) is 98.0 Å². The molecular formula is C20H23N7O. The fourth-order valence-corrected chi connectivity index (χ4v) is 3.04. The first-order valence-electron chi connectivity index (χ1n) is 9.15. The van der Waals surface area contributed by atoms with Gasteiger partial charge in [0.05, 0.1) is 5.56 Å². The van der Waals surface area contributed by atoms with Gasteiger partial charge < -0.3 is 15.1 Å². The van der Waals surface area contributed by atoms with Gasteiger partial charge in [0.25, 0.3) is 0 Å². The Bertz CT molecular complexity index is 878. The van der Waals surface area contributed by atoms with E-state index in [1.54, 1.807) is 36.8 Å². The second-order valence-electron chi connectivity index (χ2n) is 6.80. The molecule has 0 aromatic carbocycles. The van der Waals surface area contributed by atoms with Gasteiger partial charge in [-0.2, -0.15) is 5.26 Å². The zero-order valence-corrected chi connectivity index (χ0v) is 16.0. The number of piperidine rings is 1. The van der Waals surface area contributed by atoms with Crippen molar-refractivity contribution in [2.45, 2.75) is 18.9 Å². The summed E-state index contributed by atoms with van der Waals surface area (Å²) >= 11 is 0. The van der Waals surface area contributed by atoms with E-state index in [1.807, 2.05) is 19.0 Å². The molecule has 0 bridgehead atoms. The Morgan fingerprint density at radius 2 is 2.00 bits per heavy atom. The fraction of sp³-hybridized carbons (Fsp3) is 0.350. The lowest BCUT2D eigenvalue weighted by molar-refractivity contribution is -0.117. The van der Waals surface area contributed by atoms with E-state index in [9.17, 15) is 10.1 Å². The summed E-state index contributed by atoms with van der Waals surface area (Å²) < 4.78 is 0. The van der Waals surface area contributed by atoms with Crippen molar-refractivity contribution < 1.29 is 4.79 Å². The highest BCUT2D eigenvalue weighted by Gasteiger charge is 2.22. The van der Waals surface area contributed by atoms with Crippen LogP contribution in [-0.2, 0) is 4.79 Å². The quantitative estimate of drug-likeness (QED) is 0.791. The van der Waals surface area contributed by atoms with E-state index < -0.39 is 0 Å². The molecule has 1 N–H and O–H groups in total. The van der Waals surface area contributed by atoms with Crippen LogP contribution in [0.4, 0.5) is 11.8 Å². The number of hydrogen-bond donors (Lipinski definition) is 1. The van der Waals surface area contributed by atoms with Gasteiger partial charge in [0.15, 0.2) is 0 Å². The molecule has 8 heteroatoms. The third-order valence-electron chi connectivity index (χ3n) is 4.53. The van der Waals surface area contributed by atoms with Gasteiger partial charge in [-0.15, -0.1) is 0 Å². The van der Waals surface area contributed by atoms with Crippen LogP contribution in [0.1, 0.15) is 24.0 Å². The standard InChI is InChI=1S/C20H23N7O/c1-26(2)20-23-13-15(14-24-20)5-6-18(28)25-17-7-10-27(11-8-17)19-16(12-21)4-3-9-22-19/h3-6,9,13-14,17H,7-8,10-11H2,1-2H3,(H,25,28)/b6-5+. The predicted octanol–water partition coefficient (Wildman–Crippen LogP) is 1.61. The first-order valence-corrected chi connectivity index (χ1v) is 9.15. The van der Waals surface area contributed by atoms with Crippen LogP contribution in [0.25, 0.3) is 6.08 Å². The van der Waals surface area contributed by atoms with E-state index >= 15 is 0 Å². The molecule has 0 spiro atoms. The maximum absolute atomic E-state index is 12.2. The van der Waals surface area contributed by atoms with Crippen molar-refractivity contribution in [1.82, 2.24) is 20.3 Å². The van der Waals surface area contributed by atoms with Gasteiger partial charge in [0.2, 0.25) is 11.9 Å². The van der Waals surface area contributed by atoms with E-state index in [1.165, 1.54) is 6.08 Å². The minimum absolute atomic E-state index is 0.106. The largest absolute Gasteiger partial charge is 0.355 e. The van der Waals surface area contributed by atoms with Crippen molar-refractivity contribution >= 4 is 23.7 Å². The fourth-order valence-electron chi connectivity index (χ4n) is 3.04. The Balaban J connectivity index is 1.50. The van der Waals surface area contributed by atoms with Crippen molar-refractivity contribution in [2.24, 2.45) is 0 Å². The van der Waals surface area contributed by atoms with Gasteiger partial charge >= 0.3 is 0 Å². The summed E-state index contributed by atoms with van der Waals surface area (Å²) in [5.41, 5.74) is 1.35. The maximum atomic E-state index is 12.2. The van der Waals surface area contributed by atoms with Crippen molar-refractivity contribution in [3.05, 3.63) is 47.9 Å². The molecule has 1 aliphatic rings. The molecule has 0 radical (unpaired) electrons. The van der Waals surface area contributed by atoms with Crippen LogP contribution in [0.2, 0.25) is 0 Å². The monoisotopic (exact) mass is 377 g/mol. The SMILES string of the molecule is CN(C)c1ncc(/C=C/C(=O)NC2CCN(c3ncccc3C#N)CC2)cn1. The normalized spacial score (nSPS) is 14.7. The van der Waals surface area contributed by atoms with Gasteiger partial charge in [-0.05, 0) is 31.1 Å². The molecule has 8 nitrogen and oxygen atoms in total. The molecule has 0 unspecified atom stereocenters. The molecule has 0 atom stereocenters. The number of pyridine rings is 1. The average molecular weight is 377 g/mol. The summed E-state index contributed by atoms with van der Waals surface area (Å²) in [5.74, 6) is 1.21. The predicted molar refractivity (Wildman–Crippen MR) is 108 cm³/mol. The highest BCUT2D eigenvalue weighted by Crippen LogP contribution is 2.21. The molecule has 28 heavy (non-hydrogen) atoms. The molecule has 144 valence electrons. The Morgan fingerprint density at radius 1 is 1.29 bits per heavy atom. The summed E-state index contributed by atoms with van der Waals surface area (Å²) in [4.78, 5) is 28.9. The number of amides is 1. The molecule has 1 fully saturated rings. The molecule has 2 aromatic rings. The molecule has 3 rings (SSSR count). The first kappa shape index (κ1) is 19.3. The number of carbonyl (C=O) groups excluding carboxylic acids is 1. The molecular weight excluding hydrogens is 354 g/mol. The number of aromatic nitrogens is 3. The molecule has 1 aliphatic heterocycles. The van der Waals surface area contributed by atoms with Crippen LogP contribution >= 0.6 is 0 Å². The van der Waals surface area contributed by atoms with Gasteiger partial charge in [0, 0.05) is 63.5 Å². The lowest BCUT2D eigenvalue weighted by Gasteiger charge is -2.33. The number of anilines is 2. The van der Waals surface area contributed by atoms with E-state index in [0.717, 1.165) is 37.3 Å². The molecule has 0 saturated carbocycles. The van der Waals surface area contributed by atoms with Crippen LogP contribution in [-0.4, -0.2) is 54.1 Å². The second-order valence-corrected chi connectivity index (χ2v) is 6.80. The number of nitrogens with one attached hydrogen (secondary N) is 1. The van der Waals surface area contributed by atoms with Crippen molar-refractivity contribution in [3.63, 3.8) is 0 Å². The number of nitriles is 1. The molecule has 3 heterocycles. The number of nitrogens with zero attached hydrogens (tertiary/aromatic N) is 6. The summed E-state index contributed by atoms with van der Waals surface area (Å²) in [6.07, 6.45) is 9.89. The molecule has 2 aromatic heterocycles. The van der Waals surface area contributed by atoms with Gasteiger partial charge in [-0.25, -0.2) is 15.0 Å². The Morgan fingerprint density at radius 3 is 2.64 bits per heavy atom. The third-order valence-corrected chi connectivity index (χ3v) is 4.53. The summed E-state index contributed by atoms with van der Waals surface area (Å²) in [7, 11) is 3.75. The lowest BCUT2D eigenvalue weighted by Crippen LogP contribution is -2.44. The summed E-state index contributed by atoms with van der Waals surface area (Å²) in [5, 5.41) is 12.3. The molecule has 1 amide bonds. The summed E-state index contributed by atoms with van der Waals surface area (Å²) in [6, 6.07) is 5.83. The molecule has 1 saturated heterocycles. The van der Waals surface area contributed by atoms with Crippen LogP contribution in [0.3, 0.4) is 0 Å². The smallest absolute Gasteiger partial charge is 0.244 e. The zero-order chi connectivity index (χ0) is 19.9. The third kappa shape index (κ3) is 4.82. The highest BCUT2D eigenvalue weighted by atomic mass is 16.1. The second kappa shape index (κ2) is 8.95. The minimum Gasteiger partial charge on any atom is -0.355 e.